The minimum absolute atomic E-state index is 0.0373. The minimum Gasteiger partial charge on any atom is -0.492 e. The van der Waals surface area contributed by atoms with Crippen LogP contribution < -0.4 is 19.3 Å². The fourth-order valence-corrected chi connectivity index (χ4v) is 5.44. The molecule has 2 amide bonds. The second kappa shape index (κ2) is 12.8. The maximum absolute atomic E-state index is 13.4. The highest BCUT2D eigenvalue weighted by atomic mass is 16.5. The zero-order chi connectivity index (χ0) is 27.9. The Bertz CT molecular complexity index is 1220. The van der Waals surface area contributed by atoms with Crippen LogP contribution in [0.4, 0.5) is 11.4 Å². The summed E-state index contributed by atoms with van der Waals surface area (Å²) >= 11 is 0. The Kier molecular flexibility index (Phi) is 8.74. The first-order valence-corrected chi connectivity index (χ1v) is 14.2. The molecule has 0 radical (unpaired) electrons. The van der Waals surface area contributed by atoms with Crippen LogP contribution in [0, 0.1) is 0 Å². The molecule has 3 aromatic carbocycles. The number of carbonyl (C=O) groups excluding carboxylic acids is 2. The molecule has 0 spiro atoms. The Balaban J connectivity index is 1.19. The van der Waals surface area contributed by atoms with Crippen LogP contribution in [0.15, 0.2) is 72.8 Å². The van der Waals surface area contributed by atoms with Gasteiger partial charge >= 0.3 is 0 Å². The normalized spacial score (nSPS) is 15.7. The third-order valence-corrected chi connectivity index (χ3v) is 7.50. The molecule has 2 aliphatic heterocycles. The number of nitrogens with zero attached hydrogens (tertiary/aromatic N) is 4. The van der Waals surface area contributed by atoms with E-state index in [0.29, 0.717) is 50.5 Å². The monoisotopic (exact) mass is 542 g/mol. The number of anilines is 2. The molecule has 2 fully saturated rings. The van der Waals surface area contributed by atoms with Crippen LogP contribution in [0.25, 0.3) is 0 Å². The SMILES string of the molecule is CCOc1ccccc1N1CCN(C(=O)c2cccc(C(=O)N3CCN(c4ccccc4OCC)CC3)c2)CC1. The molecular formula is C32H38N4O4. The van der Waals surface area contributed by atoms with Gasteiger partial charge in [-0.1, -0.05) is 30.3 Å². The van der Waals surface area contributed by atoms with Gasteiger partial charge in [-0.05, 0) is 56.3 Å². The summed E-state index contributed by atoms with van der Waals surface area (Å²) in [5, 5.41) is 0. The fraction of sp³-hybridized carbons (Fsp3) is 0.375. The molecule has 40 heavy (non-hydrogen) atoms. The van der Waals surface area contributed by atoms with Crippen LogP contribution in [0.5, 0.6) is 11.5 Å². The van der Waals surface area contributed by atoms with E-state index in [1.807, 2.05) is 66.1 Å². The quantitative estimate of drug-likeness (QED) is 0.420. The fourth-order valence-electron chi connectivity index (χ4n) is 5.44. The zero-order valence-corrected chi connectivity index (χ0v) is 23.4. The van der Waals surface area contributed by atoms with Gasteiger partial charge in [0.25, 0.3) is 11.8 Å². The molecule has 0 atom stereocenters. The molecule has 0 bridgehead atoms. The van der Waals surface area contributed by atoms with E-state index in [2.05, 4.69) is 21.9 Å². The number of carbonyl (C=O) groups is 2. The summed E-state index contributed by atoms with van der Waals surface area (Å²) in [5.74, 6) is 1.67. The lowest BCUT2D eigenvalue weighted by Gasteiger charge is -2.37. The Hall–Kier alpha value is -4.20. The molecule has 0 unspecified atom stereocenters. The van der Waals surface area contributed by atoms with E-state index in [0.717, 1.165) is 49.1 Å². The summed E-state index contributed by atoms with van der Waals surface area (Å²) in [7, 11) is 0. The lowest BCUT2D eigenvalue weighted by molar-refractivity contribution is 0.0745. The van der Waals surface area contributed by atoms with E-state index in [4.69, 9.17) is 9.47 Å². The first-order valence-electron chi connectivity index (χ1n) is 14.2. The first kappa shape index (κ1) is 27.4. The molecule has 2 saturated heterocycles. The van der Waals surface area contributed by atoms with E-state index in [1.165, 1.54) is 0 Å². The van der Waals surface area contributed by atoms with Crippen molar-refractivity contribution in [2.75, 3.05) is 75.4 Å². The van der Waals surface area contributed by atoms with Crippen molar-refractivity contribution in [3.8, 4) is 11.5 Å². The Morgan fingerprint density at radius 2 is 0.975 bits per heavy atom. The van der Waals surface area contributed by atoms with E-state index in [9.17, 15) is 9.59 Å². The Morgan fingerprint density at radius 3 is 1.38 bits per heavy atom. The summed E-state index contributed by atoms with van der Waals surface area (Å²) in [5.41, 5.74) is 3.23. The maximum Gasteiger partial charge on any atom is 0.253 e. The summed E-state index contributed by atoms with van der Waals surface area (Å²) in [6.07, 6.45) is 0. The van der Waals surface area contributed by atoms with Crippen molar-refractivity contribution in [2.24, 2.45) is 0 Å². The Labute approximate surface area is 236 Å². The van der Waals surface area contributed by atoms with E-state index < -0.39 is 0 Å². The number of para-hydroxylation sites is 4. The summed E-state index contributed by atoms with van der Waals surface area (Å²) in [6.45, 7) is 10.6. The van der Waals surface area contributed by atoms with Crippen molar-refractivity contribution in [3.05, 3.63) is 83.9 Å². The Morgan fingerprint density at radius 1 is 0.575 bits per heavy atom. The number of rotatable bonds is 8. The van der Waals surface area contributed by atoms with E-state index in [1.54, 1.807) is 18.2 Å². The number of ether oxygens (including phenoxy) is 2. The lowest BCUT2D eigenvalue weighted by Crippen LogP contribution is -2.49. The molecule has 8 heteroatoms. The predicted molar refractivity (Wildman–Crippen MR) is 158 cm³/mol. The molecule has 0 saturated carbocycles. The van der Waals surface area contributed by atoms with Crippen molar-refractivity contribution >= 4 is 23.2 Å². The third-order valence-electron chi connectivity index (χ3n) is 7.50. The molecule has 210 valence electrons. The average molecular weight is 543 g/mol. The lowest BCUT2D eigenvalue weighted by atomic mass is 10.1. The van der Waals surface area contributed by atoms with Gasteiger partial charge in [-0.3, -0.25) is 9.59 Å². The molecule has 5 rings (SSSR count). The topological polar surface area (TPSA) is 65.6 Å². The van der Waals surface area contributed by atoms with Crippen LogP contribution in [0.3, 0.4) is 0 Å². The van der Waals surface area contributed by atoms with Gasteiger partial charge in [0, 0.05) is 63.5 Å². The number of hydrogen-bond donors (Lipinski definition) is 0. The van der Waals surface area contributed by atoms with Gasteiger partial charge in [-0.2, -0.15) is 0 Å². The smallest absolute Gasteiger partial charge is 0.253 e. The van der Waals surface area contributed by atoms with Crippen molar-refractivity contribution in [1.29, 1.82) is 0 Å². The number of amides is 2. The molecule has 8 nitrogen and oxygen atoms in total. The largest absolute Gasteiger partial charge is 0.492 e. The second-order valence-corrected chi connectivity index (χ2v) is 9.94. The standard InChI is InChI=1S/C32H38N4O4/c1-3-39-29-14-7-5-12-27(29)33-16-20-35(21-17-33)31(37)25-10-9-11-26(24-25)32(38)36-22-18-34(19-23-36)28-13-6-8-15-30(28)40-4-2/h5-15,24H,3-4,16-23H2,1-2H3. The molecular weight excluding hydrogens is 504 g/mol. The maximum atomic E-state index is 13.4. The minimum atomic E-state index is -0.0373. The zero-order valence-electron chi connectivity index (χ0n) is 23.4. The van der Waals surface area contributed by atoms with Crippen molar-refractivity contribution in [1.82, 2.24) is 9.80 Å². The summed E-state index contributed by atoms with van der Waals surface area (Å²) in [4.78, 5) is 35.1. The summed E-state index contributed by atoms with van der Waals surface area (Å²) < 4.78 is 11.6. The van der Waals surface area contributed by atoms with Gasteiger partial charge in [0.15, 0.2) is 0 Å². The van der Waals surface area contributed by atoms with Crippen LogP contribution >= 0.6 is 0 Å². The van der Waals surface area contributed by atoms with Gasteiger partial charge in [0.05, 0.1) is 24.6 Å². The average Bonchev–Trinajstić information content (AvgIpc) is 3.01. The number of benzene rings is 3. The van der Waals surface area contributed by atoms with Crippen molar-refractivity contribution in [3.63, 3.8) is 0 Å². The molecule has 0 aliphatic carbocycles. The van der Waals surface area contributed by atoms with Gasteiger partial charge in [-0.25, -0.2) is 0 Å². The van der Waals surface area contributed by atoms with Gasteiger partial charge in [0.1, 0.15) is 11.5 Å². The van der Waals surface area contributed by atoms with Gasteiger partial charge < -0.3 is 29.1 Å². The van der Waals surface area contributed by atoms with Crippen LogP contribution in [0.1, 0.15) is 34.6 Å². The van der Waals surface area contributed by atoms with Crippen LogP contribution in [0.2, 0.25) is 0 Å². The summed E-state index contributed by atoms with van der Waals surface area (Å²) in [6, 6.07) is 23.2. The molecule has 2 aliphatic rings. The highest BCUT2D eigenvalue weighted by Gasteiger charge is 2.27. The number of hydrogen-bond acceptors (Lipinski definition) is 6. The molecule has 3 aromatic rings. The molecule has 0 aromatic heterocycles. The number of piperazine rings is 2. The van der Waals surface area contributed by atoms with E-state index >= 15 is 0 Å². The molecule has 0 N–H and O–H groups in total. The molecule has 2 heterocycles. The van der Waals surface area contributed by atoms with Crippen molar-refractivity contribution in [2.45, 2.75) is 13.8 Å². The highest BCUT2D eigenvalue weighted by Crippen LogP contribution is 2.30. The first-order chi connectivity index (χ1) is 19.6. The highest BCUT2D eigenvalue weighted by molar-refractivity contribution is 6.00. The third kappa shape index (κ3) is 6.01. The van der Waals surface area contributed by atoms with Gasteiger partial charge in [-0.15, -0.1) is 0 Å². The van der Waals surface area contributed by atoms with Crippen LogP contribution in [-0.4, -0.2) is 87.2 Å². The predicted octanol–water partition coefficient (Wildman–Crippen LogP) is 4.41. The van der Waals surface area contributed by atoms with Crippen LogP contribution in [-0.2, 0) is 0 Å². The van der Waals surface area contributed by atoms with Gasteiger partial charge in [0.2, 0.25) is 0 Å². The van der Waals surface area contributed by atoms with Crippen molar-refractivity contribution < 1.29 is 19.1 Å². The van der Waals surface area contributed by atoms with E-state index in [-0.39, 0.29) is 11.8 Å². The second-order valence-electron chi connectivity index (χ2n) is 9.94.